The molecule has 0 fully saturated rings. The average Bonchev–Trinajstić information content (AvgIpc) is 2.44. The molecule has 1 amide bonds. The highest BCUT2D eigenvalue weighted by atomic mass is 79.9. The summed E-state index contributed by atoms with van der Waals surface area (Å²) in [4.78, 5) is 12.3. The van der Waals surface area contributed by atoms with Crippen LogP contribution in [-0.4, -0.2) is 13.0 Å². The van der Waals surface area contributed by atoms with E-state index >= 15 is 0 Å². The number of carbonyl (C=O) groups is 1. The van der Waals surface area contributed by atoms with Gasteiger partial charge in [0.25, 0.3) is 5.91 Å². The molecule has 4 nitrogen and oxygen atoms in total. The van der Waals surface area contributed by atoms with Crippen molar-refractivity contribution in [2.24, 2.45) is 0 Å². The van der Waals surface area contributed by atoms with E-state index < -0.39 is 0 Å². The number of methoxy groups -OCH3 is 1. The lowest BCUT2D eigenvalue weighted by molar-refractivity contribution is 0.102. The highest BCUT2D eigenvalue weighted by Crippen LogP contribution is 2.26. The topological polar surface area (TPSA) is 64.3 Å². The molecule has 0 unspecified atom stereocenters. The largest absolute Gasteiger partial charge is 0.497 e. The first-order valence-corrected chi connectivity index (χ1v) is 6.82. The number of nitrogen functional groups attached to an aromatic ring is 1. The molecule has 0 aromatic heterocycles. The minimum atomic E-state index is -0.194. The van der Waals surface area contributed by atoms with Crippen LogP contribution >= 0.6 is 15.9 Å². The van der Waals surface area contributed by atoms with Crippen LogP contribution in [0.3, 0.4) is 0 Å². The summed E-state index contributed by atoms with van der Waals surface area (Å²) in [7, 11) is 1.57. The smallest absolute Gasteiger partial charge is 0.256 e. The lowest BCUT2D eigenvalue weighted by Gasteiger charge is -2.11. The van der Waals surface area contributed by atoms with Crippen LogP contribution in [-0.2, 0) is 0 Å². The van der Waals surface area contributed by atoms with Gasteiger partial charge < -0.3 is 15.8 Å². The van der Waals surface area contributed by atoms with Gasteiger partial charge >= 0.3 is 0 Å². The monoisotopic (exact) mass is 334 g/mol. The summed E-state index contributed by atoms with van der Waals surface area (Å²) in [6, 6.07) is 10.6. The minimum absolute atomic E-state index is 0.194. The third-order valence-electron chi connectivity index (χ3n) is 3.02. The van der Waals surface area contributed by atoms with Crippen LogP contribution in [0, 0.1) is 6.92 Å². The lowest BCUT2D eigenvalue weighted by atomic mass is 10.1. The highest BCUT2D eigenvalue weighted by molar-refractivity contribution is 9.10. The molecule has 0 heterocycles. The predicted octanol–water partition coefficient (Wildman–Crippen LogP) is 3.60. The molecule has 20 heavy (non-hydrogen) atoms. The number of amides is 1. The second kappa shape index (κ2) is 5.96. The van der Waals surface area contributed by atoms with Crippen LogP contribution in [0.5, 0.6) is 5.75 Å². The van der Waals surface area contributed by atoms with Gasteiger partial charge in [-0.05, 0) is 36.8 Å². The summed E-state index contributed by atoms with van der Waals surface area (Å²) < 4.78 is 5.97. The molecule has 104 valence electrons. The zero-order valence-electron chi connectivity index (χ0n) is 11.2. The third-order valence-corrected chi connectivity index (χ3v) is 3.88. The van der Waals surface area contributed by atoms with Crippen LogP contribution in [0.4, 0.5) is 11.4 Å². The van der Waals surface area contributed by atoms with Gasteiger partial charge in [-0.2, -0.15) is 0 Å². The van der Waals surface area contributed by atoms with Gasteiger partial charge in [0, 0.05) is 16.1 Å². The van der Waals surface area contributed by atoms with Gasteiger partial charge in [0.1, 0.15) is 5.75 Å². The van der Waals surface area contributed by atoms with Crippen molar-refractivity contribution in [3.8, 4) is 5.75 Å². The summed E-state index contributed by atoms with van der Waals surface area (Å²) in [6.07, 6.45) is 0. The van der Waals surface area contributed by atoms with Crippen molar-refractivity contribution < 1.29 is 9.53 Å². The van der Waals surface area contributed by atoms with E-state index in [2.05, 4.69) is 21.2 Å². The van der Waals surface area contributed by atoms with E-state index in [0.29, 0.717) is 22.7 Å². The van der Waals surface area contributed by atoms with Crippen molar-refractivity contribution in [3.63, 3.8) is 0 Å². The number of nitrogens with two attached hydrogens (primary N) is 1. The summed E-state index contributed by atoms with van der Waals surface area (Å²) in [5, 5.41) is 2.81. The van der Waals surface area contributed by atoms with E-state index in [4.69, 9.17) is 10.5 Å². The molecule has 0 aliphatic rings. The van der Waals surface area contributed by atoms with Gasteiger partial charge in [-0.3, -0.25) is 4.79 Å². The number of benzene rings is 2. The van der Waals surface area contributed by atoms with E-state index in [-0.39, 0.29) is 5.91 Å². The molecule has 5 heteroatoms. The quantitative estimate of drug-likeness (QED) is 0.843. The number of hydrogen-bond donors (Lipinski definition) is 2. The normalized spacial score (nSPS) is 10.2. The Hall–Kier alpha value is -2.01. The Morgan fingerprint density at radius 1 is 1.30 bits per heavy atom. The number of hydrogen-bond acceptors (Lipinski definition) is 3. The fourth-order valence-corrected chi connectivity index (χ4v) is 2.19. The molecule has 0 saturated carbocycles. The first kappa shape index (κ1) is 14.4. The number of ether oxygens (including phenoxy) is 1. The van der Waals surface area contributed by atoms with Crippen molar-refractivity contribution >= 4 is 33.2 Å². The Morgan fingerprint density at radius 3 is 2.70 bits per heavy atom. The predicted molar refractivity (Wildman–Crippen MR) is 84.2 cm³/mol. The number of carbonyl (C=O) groups excluding carboxylic acids is 1. The summed E-state index contributed by atoms with van der Waals surface area (Å²) >= 11 is 3.41. The second-order valence-corrected chi connectivity index (χ2v) is 5.17. The van der Waals surface area contributed by atoms with Crippen molar-refractivity contribution in [2.45, 2.75) is 6.92 Å². The minimum Gasteiger partial charge on any atom is -0.497 e. The molecule has 2 aromatic carbocycles. The van der Waals surface area contributed by atoms with Crippen LogP contribution in [0.15, 0.2) is 40.9 Å². The fourth-order valence-electron chi connectivity index (χ4n) is 1.82. The zero-order valence-corrected chi connectivity index (χ0v) is 12.8. The maximum absolute atomic E-state index is 12.3. The van der Waals surface area contributed by atoms with E-state index in [1.165, 1.54) is 0 Å². The standard InChI is InChI=1S/C15H15BrN2O2/c1-9-11(4-3-5-12(9)16)15(19)18-14-7-6-10(20-2)8-13(14)17/h3-8H,17H2,1-2H3,(H,18,19). The van der Waals surface area contributed by atoms with Gasteiger partial charge in [-0.25, -0.2) is 0 Å². The molecule has 0 aliphatic carbocycles. The lowest BCUT2D eigenvalue weighted by Crippen LogP contribution is -2.14. The van der Waals surface area contributed by atoms with Crippen LogP contribution in [0.1, 0.15) is 15.9 Å². The second-order valence-electron chi connectivity index (χ2n) is 4.32. The Labute approximate surface area is 126 Å². The van der Waals surface area contributed by atoms with Crippen LogP contribution in [0.2, 0.25) is 0 Å². The third kappa shape index (κ3) is 2.93. The Kier molecular flexibility index (Phi) is 4.29. The average molecular weight is 335 g/mol. The maximum atomic E-state index is 12.3. The Bertz CT molecular complexity index is 656. The number of rotatable bonds is 3. The molecular weight excluding hydrogens is 320 g/mol. The summed E-state index contributed by atoms with van der Waals surface area (Å²) in [6.45, 7) is 1.89. The maximum Gasteiger partial charge on any atom is 0.256 e. The molecule has 3 N–H and O–H groups in total. The van der Waals surface area contributed by atoms with Gasteiger partial charge in [-0.1, -0.05) is 22.0 Å². The van der Waals surface area contributed by atoms with Crippen LogP contribution < -0.4 is 15.8 Å². The summed E-state index contributed by atoms with van der Waals surface area (Å²) in [5.74, 6) is 0.458. The molecular formula is C15H15BrN2O2. The molecule has 0 spiro atoms. The van der Waals surface area contributed by atoms with E-state index in [1.807, 2.05) is 19.1 Å². The van der Waals surface area contributed by atoms with Crippen LogP contribution in [0.25, 0.3) is 0 Å². The molecule has 0 radical (unpaired) electrons. The Balaban J connectivity index is 2.26. The molecule has 0 bridgehead atoms. The number of halogens is 1. The van der Waals surface area contributed by atoms with Crippen molar-refractivity contribution in [1.29, 1.82) is 0 Å². The summed E-state index contributed by atoms with van der Waals surface area (Å²) in [5.41, 5.74) is 8.41. The zero-order chi connectivity index (χ0) is 14.7. The number of nitrogens with one attached hydrogen (secondary N) is 1. The molecule has 2 aromatic rings. The van der Waals surface area contributed by atoms with Gasteiger partial charge in [0.15, 0.2) is 0 Å². The molecule has 2 rings (SSSR count). The SMILES string of the molecule is COc1ccc(NC(=O)c2cccc(Br)c2C)c(N)c1. The van der Waals surface area contributed by atoms with E-state index in [0.717, 1.165) is 10.0 Å². The van der Waals surface area contributed by atoms with Crippen molar-refractivity contribution in [3.05, 3.63) is 52.0 Å². The van der Waals surface area contributed by atoms with Gasteiger partial charge in [0.2, 0.25) is 0 Å². The Morgan fingerprint density at radius 2 is 2.05 bits per heavy atom. The van der Waals surface area contributed by atoms with Crippen molar-refractivity contribution in [2.75, 3.05) is 18.2 Å². The van der Waals surface area contributed by atoms with Gasteiger partial charge in [-0.15, -0.1) is 0 Å². The van der Waals surface area contributed by atoms with Crippen molar-refractivity contribution in [1.82, 2.24) is 0 Å². The highest BCUT2D eigenvalue weighted by Gasteiger charge is 2.12. The molecule has 0 saturated heterocycles. The fraction of sp³-hybridized carbons (Fsp3) is 0.133. The first-order valence-electron chi connectivity index (χ1n) is 6.03. The van der Waals surface area contributed by atoms with E-state index in [1.54, 1.807) is 31.4 Å². The molecule has 0 atom stereocenters. The van der Waals surface area contributed by atoms with Gasteiger partial charge in [0.05, 0.1) is 18.5 Å². The number of anilines is 2. The van der Waals surface area contributed by atoms with E-state index in [9.17, 15) is 4.79 Å². The molecule has 0 aliphatic heterocycles. The first-order chi connectivity index (χ1) is 9.52.